The van der Waals surface area contributed by atoms with E-state index in [0.717, 1.165) is 29.2 Å². The molecule has 0 radical (unpaired) electrons. The van der Waals surface area contributed by atoms with Crippen LogP contribution in [0.2, 0.25) is 0 Å². The zero-order valence-electron chi connectivity index (χ0n) is 20.4. The van der Waals surface area contributed by atoms with Crippen molar-refractivity contribution in [2.75, 3.05) is 43.9 Å². The number of rotatable bonds is 5. The lowest BCUT2D eigenvalue weighted by Gasteiger charge is -2.46. The lowest BCUT2D eigenvalue weighted by molar-refractivity contribution is -0.143. The summed E-state index contributed by atoms with van der Waals surface area (Å²) >= 11 is 0. The van der Waals surface area contributed by atoms with Gasteiger partial charge in [-0.05, 0) is 31.9 Å². The van der Waals surface area contributed by atoms with Gasteiger partial charge in [-0.15, -0.1) is 0 Å². The molecule has 10 heteroatoms. The molecule has 2 aliphatic rings. The molecule has 2 fully saturated rings. The van der Waals surface area contributed by atoms with Gasteiger partial charge >= 0.3 is 0 Å². The third kappa shape index (κ3) is 4.53. The number of aryl methyl sites for hydroxylation is 2. The highest BCUT2D eigenvalue weighted by Gasteiger charge is 2.46. The SMILES string of the molecule is COc1cccc(-c2oc(C)nc2CN2CCNC3(CCN(c4nc(C)cc(N)n4)CC3)C2=O)c1. The molecular formula is C25H31N7O3. The number of aromatic nitrogens is 3. The van der Waals surface area contributed by atoms with Gasteiger partial charge in [0.2, 0.25) is 11.9 Å². The highest BCUT2D eigenvalue weighted by Crippen LogP contribution is 2.32. The molecule has 10 nitrogen and oxygen atoms in total. The molecule has 1 amide bonds. The van der Waals surface area contributed by atoms with E-state index in [4.69, 9.17) is 14.9 Å². The van der Waals surface area contributed by atoms with Crippen molar-refractivity contribution in [1.29, 1.82) is 0 Å². The van der Waals surface area contributed by atoms with Gasteiger partial charge in [0.15, 0.2) is 11.7 Å². The number of ether oxygens (including phenoxy) is 1. The molecule has 0 saturated carbocycles. The minimum Gasteiger partial charge on any atom is -0.497 e. The summed E-state index contributed by atoms with van der Waals surface area (Å²) in [5, 5.41) is 3.52. The fraction of sp³-hybridized carbons (Fsp3) is 0.440. The van der Waals surface area contributed by atoms with E-state index in [9.17, 15) is 4.79 Å². The Balaban J connectivity index is 1.32. The molecule has 35 heavy (non-hydrogen) atoms. The number of piperazine rings is 1. The molecule has 1 spiro atoms. The van der Waals surface area contributed by atoms with Crippen LogP contribution >= 0.6 is 0 Å². The normalized spacial score (nSPS) is 17.7. The number of carbonyl (C=O) groups is 1. The van der Waals surface area contributed by atoms with E-state index < -0.39 is 5.54 Å². The van der Waals surface area contributed by atoms with E-state index in [1.54, 1.807) is 13.2 Å². The van der Waals surface area contributed by atoms with Gasteiger partial charge in [0.05, 0.1) is 13.7 Å². The Kier molecular flexibility index (Phi) is 6.06. The van der Waals surface area contributed by atoms with Gasteiger partial charge in [-0.2, -0.15) is 4.98 Å². The second-order valence-electron chi connectivity index (χ2n) is 9.20. The molecule has 2 aromatic heterocycles. The second kappa shape index (κ2) is 9.18. The van der Waals surface area contributed by atoms with Gasteiger partial charge < -0.3 is 30.0 Å². The number of carbonyl (C=O) groups excluding carboxylic acids is 1. The molecule has 1 aromatic carbocycles. The Morgan fingerprint density at radius 2 is 1.94 bits per heavy atom. The van der Waals surface area contributed by atoms with Crippen molar-refractivity contribution in [2.24, 2.45) is 0 Å². The fourth-order valence-corrected chi connectivity index (χ4v) is 5.01. The monoisotopic (exact) mass is 477 g/mol. The van der Waals surface area contributed by atoms with Crippen LogP contribution < -0.4 is 20.7 Å². The van der Waals surface area contributed by atoms with Crippen LogP contribution in [0.15, 0.2) is 34.7 Å². The zero-order chi connectivity index (χ0) is 24.6. The lowest BCUT2D eigenvalue weighted by atomic mass is 9.84. The van der Waals surface area contributed by atoms with Crippen LogP contribution in [0, 0.1) is 13.8 Å². The zero-order valence-corrected chi connectivity index (χ0v) is 20.4. The van der Waals surface area contributed by atoms with Gasteiger partial charge in [-0.3, -0.25) is 4.79 Å². The van der Waals surface area contributed by atoms with Crippen molar-refractivity contribution in [1.82, 2.24) is 25.2 Å². The van der Waals surface area contributed by atoms with E-state index in [2.05, 4.69) is 25.2 Å². The number of hydrogen-bond donors (Lipinski definition) is 2. The van der Waals surface area contributed by atoms with Crippen LogP contribution in [0.3, 0.4) is 0 Å². The third-order valence-corrected chi connectivity index (χ3v) is 6.78. The molecule has 5 rings (SSSR count). The van der Waals surface area contributed by atoms with Crippen molar-refractivity contribution < 1.29 is 13.9 Å². The number of methoxy groups -OCH3 is 1. The fourth-order valence-electron chi connectivity index (χ4n) is 5.01. The van der Waals surface area contributed by atoms with Gasteiger partial charge in [-0.25, -0.2) is 9.97 Å². The molecule has 0 unspecified atom stereocenters. The predicted molar refractivity (Wildman–Crippen MR) is 132 cm³/mol. The number of anilines is 2. The molecule has 3 N–H and O–H groups in total. The Morgan fingerprint density at radius 3 is 2.69 bits per heavy atom. The maximum atomic E-state index is 13.7. The smallest absolute Gasteiger partial charge is 0.243 e. The Labute approximate surface area is 204 Å². The van der Waals surface area contributed by atoms with Crippen molar-refractivity contribution in [2.45, 2.75) is 38.8 Å². The van der Waals surface area contributed by atoms with E-state index >= 15 is 0 Å². The van der Waals surface area contributed by atoms with Crippen molar-refractivity contribution in [3.8, 4) is 17.1 Å². The average Bonchev–Trinajstić information content (AvgIpc) is 3.22. The maximum absolute atomic E-state index is 13.7. The van der Waals surface area contributed by atoms with E-state index in [0.29, 0.717) is 62.4 Å². The summed E-state index contributed by atoms with van der Waals surface area (Å²) in [7, 11) is 1.63. The summed E-state index contributed by atoms with van der Waals surface area (Å²) < 4.78 is 11.3. The van der Waals surface area contributed by atoms with Crippen LogP contribution in [0.4, 0.5) is 11.8 Å². The molecular weight excluding hydrogens is 446 g/mol. The Bertz CT molecular complexity index is 1210. The highest BCUT2D eigenvalue weighted by atomic mass is 16.5. The summed E-state index contributed by atoms with van der Waals surface area (Å²) in [6.45, 7) is 6.82. The topological polar surface area (TPSA) is 123 Å². The first-order valence-electron chi connectivity index (χ1n) is 11.9. The first-order valence-corrected chi connectivity index (χ1v) is 11.9. The molecule has 0 bridgehead atoms. The number of oxazole rings is 1. The minimum atomic E-state index is -0.598. The molecule has 0 atom stereocenters. The van der Waals surface area contributed by atoms with Gasteiger partial charge in [-0.1, -0.05) is 12.1 Å². The van der Waals surface area contributed by atoms with E-state index in [1.165, 1.54) is 0 Å². The largest absolute Gasteiger partial charge is 0.497 e. The predicted octanol–water partition coefficient (Wildman–Crippen LogP) is 2.31. The van der Waals surface area contributed by atoms with Crippen LogP contribution in [0.5, 0.6) is 5.75 Å². The standard InChI is InChI=1S/C25H31N7O3/c1-16-13-21(26)30-24(28-16)31-10-7-25(8-11-31)23(33)32(12-9-27-25)15-20-22(35-17(2)29-20)18-5-4-6-19(14-18)34-3/h4-6,13-14,27H,7-12,15H2,1-3H3,(H2,26,28,30). The van der Waals surface area contributed by atoms with Gasteiger partial charge in [0.1, 0.15) is 22.8 Å². The third-order valence-electron chi connectivity index (χ3n) is 6.78. The molecule has 2 saturated heterocycles. The summed E-state index contributed by atoms with van der Waals surface area (Å²) in [6.07, 6.45) is 1.33. The summed E-state index contributed by atoms with van der Waals surface area (Å²) in [5.74, 6) is 3.17. The van der Waals surface area contributed by atoms with Crippen molar-refractivity contribution in [3.05, 3.63) is 47.6 Å². The second-order valence-corrected chi connectivity index (χ2v) is 9.20. The highest BCUT2D eigenvalue weighted by molar-refractivity contribution is 5.87. The number of nitrogens with two attached hydrogens (primary N) is 1. The minimum absolute atomic E-state index is 0.102. The van der Waals surface area contributed by atoms with Crippen molar-refractivity contribution in [3.63, 3.8) is 0 Å². The van der Waals surface area contributed by atoms with Gasteiger partial charge in [0.25, 0.3) is 0 Å². The Hall–Kier alpha value is -3.66. The number of hydrogen-bond acceptors (Lipinski definition) is 9. The summed E-state index contributed by atoms with van der Waals surface area (Å²) in [4.78, 5) is 31.3. The number of nitrogens with zero attached hydrogens (tertiary/aromatic N) is 5. The quantitative estimate of drug-likeness (QED) is 0.570. The number of benzene rings is 1. The molecule has 0 aliphatic carbocycles. The van der Waals surface area contributed by atoms with E-state index in [-0.39, 0.29) is 5.91 Å². The first-order chi connectivity index (χ1) is 16.9. The average molecular weight is 478 g/mol. The van der Waals surface area contributed by atoms with Crippen LogP contribution in [-0.2, 0) is 11.3 Å². The molecule has 3 aromatic rings. The van der Waals surface area contributed by atoms with E-state index in [1.807, 2.05) is 43.0 Å². The van der Waals surface area contributed by atoms with Gasteiger partial charge in [0, 0.05) is 50.4 Å². The number of amides is 1. The number of nitrogens with one attached hydrogen (secondary N) is 1. The lowest BCUT2D eigenvalue weighted by Crippen LogP contribution is -2.67. The Morgan fingerprint density at radius 1 is 1.14 bits per heavy atom. The first kappa shape index (κ1) is 23.1. The van der Waals surface area contributed by atoms with Crippen molar-refractivity contribution >= 4 is 17.7 Å². The van der Waals surface area contributed by atoms with Crippen LogP contribution in [-0.4, -0.2) is 64.6 Å². The molecule has 4 heterocycles. The molecule has 2 aliphatic heterocycles. The number of nitrogen functional groups attached to an aromatic ring is 1. The number of piperidine rings is 1. The molecule has 184 valence electrons. The maximum Gasteiger partial charge on any atom is 0.243 e. The van der Waals surface area contributed by atoms with Crippen LogP contribution in [0.1, 0.15) is 30.1 Å². The summed E-state index contributed by atoms with van der Waals surface area (Å²) in [6, 6.07) is 9.44. The van der Waals surface area contributed by atoms with Crippen LogP contribution in [0.25, 0.3) is 11.3 Å². The summed E-state index contributed by atoms with van der Waals surface area (Å²) in [5.41, 5.74) is 7.78.